The van der Waals surface area contributed by atoms with Crippen LogP contribution < -0.4 is 15.8 Å². The number of halogens is 3. The van der Waals surface area contributed by atoms with Crippen LogP contribution in [0, 0.1) is 5.41 Å². The first-order chi connectivity index (χ1) is 13.3. The highest BCUT2D eigenvalue weighted by Crippen LogP contribution is 2.36. The van der Waals surface area contributed by atoms with Gasteiger partial charge in [-0.15, -0.1) is 13.2 Å². The lowest BCUT2D eigenvalue weighted by Crippen LogP contribution is -2.70. The van der Waals surface area contributed by atoms with E-state index in [9.17, 15) is 13.2 Å². The molecule has 0 saturated carbocycles. The molecule has 0 atom stereocenters. The van der Waals surface area contributed by atoms with Gasteiger partial charge in [0.05, 0.1) is 17.6 Å². The molecule has 1 aromatic carbocycles. The number of benzene rings is 1. The van der Waals surface area contributed by atoms with E-state index < -0.39 is 6.36 Å². The molecule has 28 heavy (non-hydrogen) atoms. The molecule has 2 heterocycles. The molecule has 0 amide bonds. The average Bonchev–Trinajstić information content (AvgIpc) is 2.58. The normalized spacial score (nSPS) is 18.1. The van der Waals surface area contributed by atoms with Crippen LogP contribution in [0.15, 0.2) is 40.7 Å². The summed E-state index contributed by atoms with van der Waals surface area (Å²) in [5.74, 6) is -0.269. The Bertz CT molecular complexity index is 653. The first-order valence-corrected chi connectivity index (χ1v) is 9.58. The monoisotopic (exact) mass is 400 g/mol. The first kappa shape index (κ1) is 23.8. The fourth-order valence-corrected chi connectivity index (χ4v) is 2.94. The lowest BCUT2D eigenvalue weighted by molar-refractivity contribution is -0.274. The third-order valence-corrected chi connectivity index (χ3v) is 4.20. The molecule has 0 unspecified atom stereocenters. The van der Waals surface area contributed by atoms with Gasteiger partial charge in [-0.05, 0) is 31.2 Å². The summed E-state index contributed by atoms with van der Waals surface area (Å²) < 4.78 is 40.2. The fourth-order valence-electron chi connectivity index (χ4n) is 2.94. The zero-order valence-corrected chi connectivity index (χ0v) is 17.2. The number of allylic oxidation sites excluding steroid dienone is 2. The van der Waals surface area contributed by atoms with Crippen LogP contribution in [0.4, 0.5) is 18.9 Å². The van der Waals surface area contributed by atoms with Crippen molar-refractivity contribution in [1.82, 2.24) is 10.2 Å². The van der Waals surface area contributed by atoms with Crippen LogP contribution in [0.25, 0.3) is 0 Å². The van der Waals surface area contributed by atoms with Crippen molar-refractivity contribution in [1.29, 1.82) is 0 Å². The predicted molar refractivity (Wildman–Crippen MR) is 108 cm³/mol. The summed E-state index contributed by atoms with van der Waals surface area (Å²) in [7, 11) is 0. The molecule has 1 spiro atoms. The molecule has 2 aliphatic rings. The molecule has 5 nitrogen and oxygen atoms in total. The number of nitrogens with two attached hydrogens (primary N) is 1. The molecule has 8 heteroatoms. The fraction of sp³-hybridized carbons (Fsp3) is 0.550. The van der Waals surface area contributed by atoms with Gasteiger partial charge in [0, 0.05) is 37.3 Å². The highest BCUT2D eigenvalue weighted by Gasteiger charge is 2.48. The minimum absolute atomic E-state index is 0.269. The van der Waals surface area contributed by atoms with Crippen molar-refractivity contribution in [3.8, 4) is 5.75 Å². The van der Waals surface area contributed by atoms with E-state index in [0.29, 0.717) is 16.8 Å². The maximum absolute atomic E-state index is 12.1. The predicted octanol–water partition coefficient (Wildman–Crippen LogP) is 4.44. The van der Waals surface area contributed by atoms with E-state index in [1.807, 2.05) is 34.6 Å². The zero-order valence-electron chi connectivity index (χ0n) is 17.2. The molecule has 3 N–H and O–H groups in total. The second-order valence-electron chi connectivity index (χ2n) is 6.33. The van der Waals surface area contributed by atoms with Crippen LogP contribution in [0.1, 0.15) is 34.6 Å². The zero-order chi connectivity index (χ0) is 21.4. The van der Waals surface area contributed by atoms with E-state index >= 15 is 0 Å². The topological polar surface area (TPSA) is 62.9 Å². The number of hydrogen-bond donors (Lipinski definition) is 2. The molecule has 1 aromatic rings. The van der Waals surface area contributed by atoms with Crippen molar-refractivity contribution in [2.24, 2.45) is 16.1 Å². The number of nitrogens with one attached hydrogen (secondary N) is 1. The minimum atomic E-state index is -4.69. The third kappa shape index (κ3) is 6.44. The second kappa shape index (κ2) is 10.4. The van der Waals surface area contributed by atoms with Crippen LogP contribution in [0.5, 0.6) is 5.75 Å². The second-order valence-corrected chi connectivity index (χ2v) is 6.33. The van der Waals surface area contributed by atoms with Crippen LogP contribution in [0.3, 0.4) is 0 Å². The first-order valence-electron chi connectivity index (χ1n) is 9.58. The lowest BCUT2D eigenvalue weighted by Gasteiger charge is -2.57. The SMILES string of the molecule is C/C(N)=C(/C=Nc1ccc(OC(F)(F)F)cc1)N1CC2(CNC2)C1.CC.CC. The van der Waals surface area contributed by atoms with Crippen LogP contribution >= 0.6 is 0 Å². The van der Waals surface area contributed by atoms with E-state index in [1.54, 1.807) is 6.21 Å². The molecule has 2 saturated heterocycles. The van der Waals surface area contributed by atoms with Crippen molar-refractivity contribution in [2.75, 3.05) is 26.2 Å². The number of rotatable bonds is 4. The van der Waals surface area contributed by atoms with E-state index in [1.165, 1.54) is 24.3 Å². The molecule has 0 aliphatic carbocycles. The number of nitrogens with zero attached hydrogens (tertiary/aromatic N) is 2. The van der Waals surface area contributed by atoms with Crippen LogP contribution in [0.2, 0.25) is 0 Å². The Hall–Kier alpha value is -2.22. The molecule has 0 radical (unpaired) electrons. The molecule has 2 aliphatic heterocycles. The van der Waals surface area contributed by atoms with Gasteiger partial charge in [-0.1, -0.05) is 27.7 Å². The van der Waals surface area contributed by atoms with Crippen LogP contribution in [-0.2, 0) is 0 Å². The van der Waals surface area contributed by atoms with Gasteiger partial charge in [-0.2, -0.15) is 0 Å². The van der Waals surface area contributed by atoms with Crippen molar-refractivity contribution in [3.63, 3.8) is 0 Å². The Labute approximate surface area is 165 Å². The van der Waals surface area contributed by atoms with Gasteiger partial charge < -0.3 is 20.7 Å². The largest absolute Gasteiger partial charge is 0.573 e. The van der Waals surface area contributed by atoms with Gasteiger partial charge in [0.25, 0.3) is 0 Å². The smallest absolute Gasteiger partial charge is 0.406 e. The maximum atomic E-state index is 12.1. The van der Waals surface area contributed by atoms with Gasteiger partial charge in [0.1, 0.15) is 5.75 Å². The Morgan fingerprint density at radius 2 is 1.68 bits per heavy atom. The molecular weight excluding hydrogens is 369 g/mol. The van der Waals surface area contributed by atoms with Gasteiger partial charge in [-0.3, -0.25) is 4.99 Å². The standard InChI is InChI=1S/C16H19F3N4O.2C2H6/c1-11(20)14(23-9-15(10-23)7-21-8-15)6-22-12-2-4-13(5-3-12)24-16(17,18)19;2*1-2/h2-6,21H,7-10,20H2,1H3;2*1-2H3/b14-11+,22-6?;;. The van der Waals surface area contributed by atoms with Gasteiger partial charge in [0.2, 0.25) is 0 Å². The summed E-state index contributed by atoms with van der Waals surface area (Å²) in [6.07, 6.45) is -3.03. The molecule has 2 fully saturated rings. The summed E-state index contributed by atoms with van der Waals surface area (Å²) in [5.41, 5.74) is 8.35. The summed E-state index contributed by atoms with van der Waals surface area (Å²) in [6.45, 7) is 13.7. The van der Waals surface area contributed by atoms with Crippen molar-refractivity contribution >= 4 is 11.9 Å². The Morgan fingerprint density at radius 3 is 2.07 bits per heavy atom. The number of ether oxygens (including phenoxy) is 1. The van der Waals surface area contributed by atoms with E-state index in [0.717, 1.165) is 31.9 Å². The van der Waals surface area contributed by atoms with E-state index in [2.05, 4.69) is 19.9 Å². The Balaban J connectivity index is 0.000000921. The highest BCUT2D eigenvalue weighted by molar-refractivity contribution is 5.81. The van der Waals surface area contributed by atoms with Gasteiger partial charge in [-0.25, -0.2) is 0 Å². The molecule has 3 rings (SSSR count). The summed E-state index contributed by atoms with van der Waals surface area (Å²) in [4.78, 5) is 6.47. The Morgan fingerprint density at radius 1 is 1.14 bits per heavy atom. The van der Waals surface area contributed by atoms with Gasteiger partial charge >= 0.3 is 6.36 Å². The lowest BCUT2D eigenvalue weighted by atomic mass is 9.74. The average molecular weight is 400 g/mol. The van der Waals surface area contributed by atoms with Crippen molar-refractivity contribution < 1.29 is 17.9 Å². The number of alkyl halides is 3. The van der Waals surface area contributed by atoms with E-state index in [-0.39, 0.29) is 5.75 Å². The summed E-state index contributed by atoms with van der Waals surface area (Å²) >= 11 is 0. The third-order valence-electron chi connectivity index (χ3n) is 4.20. The summed E-state index contributed by atoms with van der Waals surface area (Å²) in [5, 5.41) is 3.27. The van der Waals surface area contributed by atoms with Crippen molar-refractivity contribution in [2.45, 2.75) is 41.0 Å². The summed E-state index contributed by atoms with van der Waals surface area (Å²) in [6, 6.07) is 5.40. The van der Waals surface area contributed by atoms with Crippen molar-refractivity contribution in [3.05, 3.63) is 35.7 Å². The molecule has 0 bridgehead atoms. The van der Waals surface area contributed by atoms with Gasteiger partial charge in [0.15, 0.2) is 0 Å². The van der Waals surface area contributed by atoms with E-state index in [4.69, 9.17) is 5.73 Å². The molecular formula is C20H31F3N4O. The van der Waals surface area contributed by atoms with Crippen LogP contribution in [-0.4, -0.2) is 43.7 Å². The minimum Gasteiger partial charge on any atom is -0.406 e. The number of likely N-dealkylation sites (tertiary alicyclic amines) is 1. The quantitative estimate of drug-likeness (QED) is 0.734. The molecule has 158 valence electrons. The Kier molecular flexibility index (Phi) is 8.81. The number of aliphatic imine (C=N–C) groups is 1. The highest BCUT2D eigenvalue weighted by atomic mass is 19.4. The maximum Gasteiger partial charge on any atom is 0.573 e. The number of hydrogen-bond acceptors (Lipinski definition) is 5. The molecule has 0 aromatic heterocycles.